The van der Waals surface area contributed by atoms with E-state index in [1.54, 1.807) is 0 Å². The van der Waals surface area contributed by atoms with E-state index < -0.39 is 7.82 Å². The van der Waals surface area contributed by atoms with Crippen molar-refractivity contribution in [3.63, 3.8) is 0 Å². The maximum Gasteiger partial charge on any atom is 0.469 e. The highest BCUT2D eigenvalue weighted by molar-refractivity contribution is 7.46. The van der Waals surface area contributed by atoms with Crippen molar-refractivity contribution in [2.45, 2.75) is 18.9 Å². The van der Waals surface area contributed by atoms with Crippen molar-refractivity contribution in [2.75, 3.05) is 6.61 Å². The fourth-order valence-corrected chi connectivity index (χ4v) is 1.03. The lowest BCUT2D eigenvalue weighted by Gasteiger charge is -2.02. The third-order valence-corrected chi connectivity index (χ3v) is 1.70. The van der Waals surface area contributed by atoms with Gasteiger partial charge in [0.05, 0.1) is 6.61 Å². The Morgan fingerprint density at radius 2 is 2.00 bits per heavy atom. The Morgan fingerprint density at radius 1 is 1.40 bits per heavy atom. The van der Waals surface area contributed by atoms with Gasteiger partial charge in [-0.3, -0.25) is 4.52 Å². The number of phosphoric acid groups is 1. The van der Waals surface area contributed by atoms with E-state index in [4.69, 9.17) is 9.79 Å². The molecule has 0 bridgehead atoms. The third-order valence-electron chi connectivity index (χ3n) is 0.831. The molecule has 0 aliphatic heterocycles. The highest BCUT2D eigenvalue weighted by atomic mass is 31.2. The first kappa shape index (κ1) is 10.3. The fourth-order valence-electron chi connectivity index (χ4n) is 0.411. The lowest BCUT2D eigenvalue weighted by atomic mass is 10.4. The molecule has 0 unspecified atom stereocenters. The lowest BCUT2D eigenvalue weighted by molar-refractivity contribution is 0.194. The molecule has 0 aliphatic rings. The van der Waals surface area contributed by atoms with Gasteiger partial charge in [0.25, 0.3) is 0 Å². The van der Waals surface area contributed by atoms with Crippen molar-refractivity contribution in [3.8, 4) is 0 Å². The second-order valence-corrected chi connectivity index (χ2v) is 3.52. The average molecular weight is 181 g/mol. The zero-order valence-electron chi connectivity index (χ0n) is 5.49. The number of phosphoric ester groups is 1. The molecule has 0 aliphatic carbocycles. The Morgan fingerprint density at radius 3 is 2.40 bits per heavy atom. The van der Waals surface area contributed by atoms with Gasteiger partial charge in [0, 0.05) is 10.2 Å². The van der Waals surface area contributed by atoms with Gasteiger partial charge in [-0.25, -0.2) is 4.57 Å². The first-order chi connectivity index (χ1) is 4.56. The van der Waals surface area contributed by atoms with E-state index >= 15 is 0 Å². The SMILES string of the molecule is O=P(O)(O)OCCCC[Si]. The molecule has 0 saturated carbocycles. The summed E-state index contributed by atoms with van der Waals surface area (Å²) in [7, 11) is -0.998. The molecule has 3 radical (unpaired) electrons. The van der Waals surface area contributed by atoms with Gasteiger partial charge >= 0.3 is 7.82 Å². The van der Waals surface area contributed by atoms with Crippen LogP contribution in [0.3, 0.4) is 0 Å². The maximum atomic E-state index is 10.1. The second-order valence-electron chi connectivity index (χ2n) is 1.78. The number of rotatable bonds is 5. The van der Waals surface area contributed by atoms with Crippen LogP contribution < -0.4 is 0 Å². The van der Waals surface area contributed by atoms with E-state index in [9.17, 15) is 4.57 Å². The summed E-state index contributed by atoms with van der Waals surface area (Å²) in [4.78, 5) is 16.4. The monoisotopic (exact) mass is 181 g/mol. The minimum atomic E-state index is -4.22. The van der Waals surface area contributed by atoms with Gasteiger partial charge in [-0.05, 0) is 6.42 Å². The van der Waals surface area contributed by atoms with Crippen molar-refractivity contribution in [1.82, 2.24) is 0 Å². The Hall–Kier alpha value is 0.327. The van der Waals surface area contributed by atoms with Gasteiger partial charge in [0.1, 0.15) is 0 Å². The van der Waals surface area contributed by atoms with Gasteiger partial charge in [-0.15, -0.1) is 0 Å². The summed E-state index contributed by atoms with van der Waals surface area (Å²) in [5.41, 5.74) is 0. The van der Waals surface area contributed by atoms with Crippen LogP contribution in [-0.4, -0.2) is 26.6 Å². The fraction of sp³-hybridized carbons (Fsp3) is 1.00. The Kier molecular flexibility index (Phi) is 5.21. The molecule has 0 atom stereocenters. The largest absolute Gasteiger partial charge is 0.469 e. The van der Waals surface area contributed by atoms with Crippen molar-refractivity contribution < 1.29 is 18.9 Å². The first-order valence-corrected chi connectivity index (χ1v) is 5.14. The van der Waals surface area contributed by atoms with Crippen LogP contribution in [0.5, 0.6) is 0 Å². The summed E-state index contributed by atoms with van der Waals surface area (Å²) in [6.45, 7) is 0.120. The van der Waals surface area contributed by atoms with E-state index in [0.717, 1.165) is 12.5 Å². The van der Waals surface area contributed by atoms with Crippen molar-refractivity contribution in [2.24, 2.45) is 0 Å². The molecule has 0 aromatic carbocycles. The maximum absolute atomic E-state index is 10.1. The predicted molar refractivity (Wildman–Crippen MR) is 37.8 cm³/mol. The summed E-state index contributed by atoms with van der Waals surface area (Å²) in [5.74, 6) is 0. The van der Waals surface area contributed by atoms with Crippen LogP contribution >= 0.6 is 7.82 Å². The summed E-state index contributed by atoms with van der Waals surface area (Å²) in [5, 5.41) is 0. The molecule has 0 aromatic heterocycles. The molecular formula is C4H10O4PSi. The van der Waals surface area contributed by atoms with Crippen LogP contribution in [0, 0.1) is 0 Å². The van der Waals surface area contributed by atoms with Crippen LogP contribution in [0.1, 0.15) is 12.8 Å². The number of unbranched alkanes of at least 4 members (excludes halogenated alkanes) is 1. The molecular weight excluding hydrogens is 171 g/mol. The zero-order chi connectivity index (χ0) is 8.04. The van der Waals surface area contributed by atoms with E-state index in [2.05, 4.69) is 14.8 Å². The molecule has 0 fully saturated rings. The highest BCUT2D eigenvalue weighted by Gasteiger charge is 2.11. The highest BCUT2D eigenvalue weighted by Crippen LogP contribution is 2.35. The molecule has 0 heterocycles. The van der Waals surface area contributed by atoms with Crippen molar-refractivity contribution >= 4 is 18.1 Å². The minimum Gasteiger partial charge on any atom is -0.303 e. The Balaban J connectivity index is 3.13. The lowest BCUT2D eigenvalue weighted by Crippen LogP contribution is -1.91. The molecule has 0 rings (SSSR count). The summed E-state index contributed by atoms with van der Waals surface area (Å²) in [6.07, 6.45) is 1.52. The molecule has 6 heteroatoms. The smallest absolute Gasteiger partial charge is 0.303 e. The van der Waals surface area contributed by atoms with Crippen molar-refractivity contribution in [1.29, 1.82) is 0 Å². The molecule has 0 amide bonds. The van der Waals surface area contributed by atoms with Crippen LogP contribution in [0.15, 0.2) is 0 Å². The Bertz CT molecular complexity index is 122. The molecule has 0 saturated heterocycles. The van der Waals surface area contributed by atoms with Gasteiger partial charge in [-0.1, -0.05) is 12.5 Å². The van der Waals surface area contributed by atoms with Crippen LogP contribution in [0.4, 0.5) is 0 Å². The van der Waals surface area contributed by atoms with E-state index in [1.165, 1.54) is 0 Å². The van der Waals surface area contributed by atoms with Crippen molar-refractivity contribution in [3.05, 3.63) is 0 Å². The van der Waals surface area contributed by atoms with Gasteiger partial charge in [0.2, 0.25) is 0 Å². The standard InChI is InChI=1S/C4H10O4PSi/c5-9(6,7)8-3-1-2-4-10/h1-4H2,(H2,5,6,7). The second kappa shape index (κ2) is 5.04. The topological polar surface area (TPSA) is 66.8 Å². The first-order valence-electron chi connectivity index (χ1n) is 2.91. The molecule has 10 heavy (non-hydrogen) atoms. The zero-order valence-corrected chi connectivity index (χ0v) is 7.38. The molecule has 59 valence electrons. The molecule has 2 N–H and O–H groups in total. The predicted octanol–water partition coefficient (Wildman–Crippen LogP) is 0.463. The summed E-state index contributed by atoms with van der Waals surface area (Å²) in [6, 6.07) is 0.824. The van der Waals surface area contributed by atoms with E-state index in [1.807, 2.05) is 0 Å². The van der Waals surface area contributed by atoms with Gasteiger partial charge in [-0.2, -0.15) is 0 Å². The average Bonchev–Trinajstić information content (AvgIpc) is 1.78. The third kappa shape index (κ3) is 8.33. The van der Waals surface area contributed by atoms with Crippen LogP contribution in [0.25, 0.3) is 0 Å². The Labute approximate surface area is 63.3 Å². The molecule has 0 aromatic rings. The number of hydrogen-bond acceptors (Lipinski definition) is 2. The molecule has 4 nitrogen and oxygen atoms in total. The van der Waals surface area contributed by atoms with Crippen LogP contribution in [0.2, 0.25) is 6.04 Å². The van der Waals surface area contributed by atoms with E-state index in [0.29, 0.717) is 6.42 Å². The van der Waals surface area contributed by atoms with Crippen LogP contribution in [-0.2, 0) is 9.09 Å². The minimum absolute atomic E-state index is 0.120. The normalized spacial score (nSPS) is 11.9. The summed E-state index contributed by atoms with van der Waals surface area (Å²) >= 11 is 0. The molecule has 0 spiro atoms. The van der Waals surface area contributed by atoms with Gasteiger partial charge in [0.15, 0.2) is 0 Å². The van der Waals surface area contributed by atoms with E-state index in [-0.39, 0.29) is 6.61 Å². The quantitative estimate of drug-likeness (QED) is 0.367. The number of hydrogen-bond donors (Lipinski definition) is 2. The summed E-state index contributed by atoms with van der Waals surface area (Å²) < 4.78 is 14.2. The van der Waals surface area contributed by atoms with Gasteiger partial charge < -0.3 is 9.79 Å².